The highest BCUT2D eigenvalue weighted by Crippen LogP contribution is 2.16. The number of likely N-dealkylation sites (tertiary alicyclic amines) is 1. The van der Waals surface area contributed by atoms with Crippen molar-refractivity contribution in [2.45, 2.75) is 25.4 Å². The summed E-state index contributed by atoms with van der Waals surface area (Å²) in [5, 5.41) is 0. The highest BCUT2D eigenvalue weighted by atomic mass is 79.9. The van der Waals surface area contributed by atoms with E-state index in [9.17, 15) is 0 Å². The van der Waals surface area contributed by atoms with Crippen LogP contribution in [0.3, 0.4) is 0 Å². The van der Waals surface area contributed by atoms with Gasteiger partial charge in [0.2, 0.25) is 0 Å². The van der Waals surface area contributed by atoms with Crippen molar-refractivity contribution in [3.63, 3.8) is 0 Å². The quantitative estimate of drug-likeness (QED) is 0.851. The van der Waals surface area contributed by atoms with Crippen LogP contribution in [0.4, 0.5) is 0 Å². The predicted octanol–water partition coefficient (Wildman–Crippen LogP) is 2.37. The lowest BCUT2D eigenvalue weighted by Crippen LogP contribution is -2.36. The molecule has 0 aliphatic carbocycles. The molecule has 0 amide bonds. The number of hydrogen-bond acceptors (Lipinski definition) is 3. The van der Waals surface area contributed by atoms with E-state index in [1.54, 1.807) is 0 Å². The third-order valence-corrected chi connectivity index (χ3v) is 3.88. The molecule has 0 aromatic carbocycles. The Morgan fingerprint density at radius 1 is 1.53 bits per heavy atom. The van der Waals surface area contributed by atoms with Gasteiger partial charge in [-0.25, -0.2) is 0 Å². The Balaban J connectivity index is 1.84. The Hall–Kier alpha value is -0.450. The molecule has 1 aromatic heterocycles. The van der Waals surface area contributed by atoms with E-state index in [0.29, 0.717) is 0 Å². The first-order valence-electron chi connectivity index (χ1n) is 6.14. The Labute approximate surface area is 112 Å². The number of rotatable bonds is 4. The smallest absolute Gasteiger partial charge is 0.0544 e. The zero-order valence-electron chi connectivity index (χ0n) is 10.6. The van der Waals surface area contributed by atoms with Gasteiger partial charge in [0.1, 0.15) is 0 Å². The van der Waals surface area contributed by atoms with Crippen LogP contribution in [0.25, 0.3) is 0 Å². The number of pyridine rings is 1. The van der Waals surface area contributed by atoms with E-state index in [1.807, 2.05) is 6.20 Å². The zero-order valence-corrected chi connectivity index (χ0v) is 12.2. The van der Waals surface area contributed by atoms with Crippen LogP contribution < -0.4 is 0 Å². The first-order chi connectivity index (χ1) is 8.15. The lowest BCUT2D eigenvalue weighted by molar-refractivity contribution is 0.214. The fourth-order valence-electron chi connectivity index (χ4n) is 2.41. The molecule has 4 heteroatoms. The molecule has 17 heavy (non-hydrogen) atoms. The largest absolute Gasteiger partial charge is 0.302 e. The minimum absolute atomic E-state index is 0.718. The summed E-state index contributed by atoms with van der Waals surface area (Å²) in [6, 6.07) is 4.85. The third kappa shape index (κ3) is 3.76. The lowest BCUT2D eigenvalue weighted by Gasteiger charge is -2.25. The number of hydrogen-bond donors (Lipinski definition) is 0. The Bertz CT molecular complexity index is 352. The zero-order chi connectivity index (χ0) is 12.3. The van der Waals surface area contributed by atoms with E-state index in [-0.39, 0.29) is 0 Å². The van der Waals surface area contributed by atoms with Gasteiger partial charge >= 0.3 is 0 Å². The SMILES string of the molecule is CN(Cc1ccc(Br)cn1)CC1CCCN1C. The maximum Gasteiger partial charge on any atom is 0.0544 e. The molecule has 1 fully saturated rings. The Kier molecular flexibility index (Phi) is 4.54. The van der Waals surface area contributed by atoms with Crippen molar-refractivity contribution in [2.75, 3.05) is 27.2 Å². The van der Waals surface area contributed by atoms with Gasteiger partial charge in [-0.05, 0) is 61.5 Å². The molecule has 2 heterocycles. The fraction of sp³-hybridized carbons (Fsp3) is 0.615. The maximum absolute atomic E-state index is 4.41. The molecule has 1 aromatic rings. The monoisotopic (exact) mass is 297 g/mol. The van der Waals surface area contributed by atoms with E-state index in [2.05, 4.69) is 56.9 Å². The second kappa shape index (κ2) is 5.94. The molecule has 1 unspecified atom stereocenters. The summed E-state index contributed by atoms with van der Waals surface area (Å²) in [5.74, 6) is 0. The van der Waals surface area contributed by atoms with Gasteiger partial charge in [-0.3, -0.25) is 9.88 Å². The molecule has 2 rings (SSSR count). The second-order valence-electron chi connectivity index (χ2n) is 4.94. The standard InChI is InChI=1S/C13H20BrN3/c1-16(10-13-4-3-7-17(13)2)9-12-6-5-11(14)8-15-12/h5-6,8,13H,3-4,7,9-10H2,1-2H3. The van der Waals surface area contributed by atoms with Crippen LogP contribution in [0.5, 0.6) is 0 Å². The highest BCUT2D eigenvalue weighted by molar-refractivity contribution is 9.10. The van der Waals surface area contributed by atoms with Crippen molar-refractivity contribution in [2.24, 2.45) is 0 Å². The van der Waals surface area contributed by atoms with Crippen LogP contribution in [-0.2, 0) is 6.54 Å². The number of halogens is 1. The summed E-state index contributed by atoms with van der Waals surface area (Å²) in [6.45, 7) is 3.31. The second-order valence-corrected chi connectivity index (χ2v) is 5.86. The summed E-state index contributed by atoms with van der Waals surface area (Å²) in [4.78, 5) is 9.24. The fourth-order valence-corrected chi connectivity index (χ4v) is 2.65. The molecule has 1 aliphatic heterocycles. The van der Waals surface area contributed by atoms with Crippen LogP contribution in [0.2, 0.25) is 0 Å². The van der Waals surface area contributed by atoms with Crippen LogP contribution in [0.1, 0.15) is 18.5 Å². The molecule has 0 spiro atoms. The molecule has 0 bridgehead atoms. The van der Waals surface area contributed by atoms with Gasteiger partial charge in [-0.2, -0.15) is 0 Å². The molecule has 0 N–H and O–H groups in total. The van der Waals surface area contributed by atoms with Crippen molar-refractivity contribution in [3.8, 4) is 0 Å². The molecular formula is C13H20BrN3. The van der Waals surface area contributed by atoms with Crippen molar-refractivity contribution in [3.05, 3.63) is 28.5 Å². The van der Waals surface area contributed by atoms with Gasteiger partial charge in [-0.1, -0.05) is 0 Å². The average molecular weight is 298 g/mol. The predicted molar refractivity (Wildman–Crippen MR) is 73.9 cm³/mol. The molecule has 94 valence electrons. The van der Waals surface area contributed by atoms with Gasteiger partial charge in [0.25, 0.3) is 0 Å². The van der Waals surface area contributed by atoms with E-state index >= 15 is 0 Å². The van der Waals surface area contributed by atoms with E-state index < -0.39 is 0 Å². The van der Waals surface area contributed by atoms with Crippen LogP contribution in [0, 0.1) is 0 Å². The number of likely N-dealkylation sites (N-methyl/N-ethyl adjacent to an activating group) is 2. The van der Waals surface area contributed by atoms with E-state index in [0.717, 1.165) is 29.3 Å². The number of aromatic nitrogens is 1. The van der Waals surface area contributed by atoms with Crippen LogP contribution >= 0.6 is 15.9 Å². The van der Waals surface area contributed by atoms with Gasteiger partial charge in [0.05, 0.1) is 5.69 Å². The first kappa shape index (κ1) is 13.0. The summed E-state index contributed by atoms with van der Waals surface area (Å²) in [6.07, 6.45) is 4.53. The summed E-state index contributed by atoms with van der Waals surface area (Å²) >= 11 is 3.41. The minimum atomic E-state index is 0.718. The normalized spacial score (nSPS) is 21.3. The highest BCUT2D eigenvalue weighted by Gasteiger charge is 2.21. The lowest BCUT2D eigenvalue weighted by atomic mass is 10.2. The Morgan fingerprint density at radius 2 is 2.35 bits per heavy atom. The third-order valence-electron chi connectivity index (χ3n) is 3.41. The Morgan fingerprint density at radius 3 is 2.94 bits per heavy atom. The minimum Gasteiger partial charge on any atom is -0.302 e. The van der Waals surface area contributed by atoms with E-state index in [1.165, 1.54) is 19.4 Å². The molecule has 1 aliphatic rings. The maximum atomic E-state index is 4.41. The number of nitrogens with zero attached hydrogens (tertiary/aromatic N) is 3. The van der Waals surface area contributed by atoms with Gasteiger partial charge < -0.3 is 4.90 Å². The topological polar surface area (TPSA) is 19.4 Å². The van der Waals surface area contributed by atoms with Gasteiger partial charge in [0, 0.05) is 29.8 Å². The summed E-state index contributed by atoms with van der Waals surface area (Å²) in [7, 11) is 4.40. The van der Waals surface area contributed by atoms with Gasteiger partial charge in [-0.15, -0.1) is 0 Å². The van der Waals surface area contributed by atoms with E-state index in [4.69, 9.17) is 0 Å². The molecule has 0 saturated carbocycles. The van der Waals surface area contributed by atoms with Crippen molar-refractivity contribution >= 4 is 15.9 Å². The summed E-state index contributed by atoms with van der Waals surface area (Å²) in [5.41, 5.74) is 1.14. The average Bonchev–Trinajstić information content (AvgIpc) is 2.68. The van der Waals surface area contributed by atoms with Crippen molar-refractivity contribution in [1.82, 2.24) is 14.8 Å². The van der Waals surface area contributed by atoms with Crippen molar-refractivity contribution < 1.29 is 0 Å². The summed E-state index contributed by atoms with van der Waals surface area (Å²) < 4.78 is 1.04. The van der Waals surface area contributed by atoms with Crippen molar-refractivity contribution in [1.29, 1.82) is 0 Å². The molecule has 0 radical (unpaired) electrons. The first-order valence-corrected chi connectivity index (χ1v) is 6.93. The van der Waals surface area contributed by atoms with Crippen LogP contribution in [0.15, 0.2) is 22.8 Å². The molecule has 1 saturated heterocycles. The molecule has 3 nitrogen and oxygen atoms in total. The molecular weight excluding hydrogens is 278 g/mol. The van der Waals surface area contributed by atoms with Crippen LogP contribution in [-0.4, -0.2) is 48.0 Å². The molecule has 1 atom stereocenters. The van der Waals surface area contributed by atoms with Gasteiger partial charge in [0.15, 0.2) is 0 Å².